The van der Waals surface area contributed by atoms with E-state index >= 15 is 0 Å². The Morgan fingerprint density at radius 2 is 1.44 bits per heavy atom. The van der Waals surface area contributed by atoms with Crippen molar-refractivity contribution >= 4 is 17.9 Å². The molecule has 3 heteroatoms. The van der Waals surface area contributed by atoms with Crippen molar-refractivity contribution in [2.45, 2.75) is 13.1 Å². The highest BCUT2D eigenvalue weighted by Gasteiger charge is 2.04. The summed E-state index contributed by atoms with van der Waals surface area (Å²) >= 11 is 0. The first-order chi connectivity index (χ1) is 4.20. The Balaban J connectivity index is 3.53. The Labute approximate surface area is 60.2 Å². The van der Waals surface area contributed by atoms with Gasteiger partial charge < -0.3 is 4.65 Å². The SMILES string of the molecule is C#C[Si](C)N[Si](C)C#C. The first-order valence-corrected chi connectivity index (χ1v) is 6.58. The summed E-state index contributed by atoms with van der Waals surface area (Å²) < 4.78 is 3.21. The van der Waals surface area contributed by atoms with Gasteiger partial charge in [-0.05, 0) is 13.1 Å². The Kier molecular flexibility index (Phi) is 4.16. The molecule has 0 aromatic rings. The van der Waals surface area contributed by atoms with E-state index in [2.05, 4.69) is 15.7 Å². The van der Waals surface area contributed by atoms with Gasteiger partial charge in [0, 0.05) is 0 Å². The van der Waals surface area contributed by atoms with Crippen LogP contribution in [-0.2, 0) is 0 Å². The molecule has 0 bridgehead atoms. The largest absolute Gasteiger partial charge is 0.341 e. The van der Waals surface area contributed by atoms with E-state index in [0.717, 1.165) is 0 Å². The topological polar surface area (TPSA) is 12.0 Å². The van der Waals surface area contributed by atoms with Crippen LogP contribution in [0.5, 0.6) is 0 Å². The molecule has 0 saturated heterocycles. The third-order valence-corrected chi connectivity index (χ3v) is 4.67. The summed E-state index contributed by atoms with van der Waals surface area (Å²) in [6.45, 7) is 4.05. The first kappa shape index (κ1) is 8.51. The van der Waals surface area contributed by atoms with Crippen LogP contribution in [0.1, 0.15) is 0 Å². The third-order valence-electron chi connectivity index (χ3n) is 0.808. The van der Waals surface area contributed by atoms with Crippen molar-refractivity contribution in [1.82, 2.24) is 4.65 Å². The van der Waals surface area contributed by atoms with Crippen LogP contribution in [0, 0.1) is 23.9 Å². The molecule has 9 heavy (non-hydrogen) atoms. The molecule has 0 saturated carbocycles. The minimum atomic E-state index is -0.760. The molecule has 1 N–H and O–H groups in total. The molecule has 0 atom stereocenters. The summed E-state index contributed by atoms with van der Waals surface area (Å²) in [5.41, 5.74) is 5.30. The number of nitrogens with one attached hydrogen (secondary N) is 1. The maximum Gasteiger partial charge on any atom is 0.217 e. The Morgan fingerprint density at radius 3 is 1.67 bits per heavy atom. The molecule has 2 radical (unpaired) electrons. The lowest BCUT2D eigenvalue weighted by Crippen LogP contribution is -2.39. The Bertz CT molecular complexity index is 135. The molecule has 0 aromatic carbocycles. The molecule has 0 fully saturated rings. The smallest absolute Gasteiger partial charge is 0.217 e. The van der Waals surface area contributed by atoms with Gasteiger partial charge in [0.1, 0.15) is 0 Å². The van der Waals surface area contributed by atoms with E-state index in [1.54, 1.807) is 0 Å². The maximum absolute atomic E-state index is 5.16. The minimum Gasteiger partial charge on any atom is -0.341 e. The fourth-order valence-corrected chi connectivity index (χ4v) is 3.18. The summed E-state index contributed by atoms with van der Waals surface area (Å²) in [5.74, 6) is 0. The van der Waals surface area contributed by atoms with Gasteiger partial charge >= 0.3 is 0 Å². The van der Waals surface area contributed by atoms with Crippen molar-refractivity contribution < 1.29 is 0 Å². The molecule has 1 nitrogen and oxygen atoms in total. The lowest BCUT2D eigenvalue weighted by Gasteiger charge is -2.04. The number of rotatable bonds is 2. The van der Waals surface area contributed by atoms with Crippen LogP contribution >= 0.6 is 0 Å². The molecule has 0 spiro atoms. The average Bonchev–Trinajstić information content (AvgIpc) is 1.87. The zero-order chi connectivity index (χ0) is 7.28. The zero-order valence-corrected chi connectivity index (χ0v) is 7.65. The van der Waals surface area contributed by atoms with E-state index in [1.807, 2.05) is 13.1 Å². The van der Waals surface area contributed by atoms with Gasteiger partial charge in [0.2, 0.25) is 17.9 Å². The third kappa shape index (κ3) is 4.05. The number of hydrogen-bond acceptors (Lipinski definition) is 1. The molecule has 0 aromatic heterocycles. The molecular formula is C6H9NSi2. The van der Waals surface area contributed by atoms with E-state index in [-0.39, 0.29) is 0 Å². The summed E-state index contributed by atoms with van der Waals surface area (Å²) in [7, 11) is -1.52. The van der Waals surface area contributed by atoms with Crippen LogP contribution in [-0.4, -0.2) is 17.9 Å². The van der Waals surface area contributed by atoms with Gasteiger partial charge in [0.15, 0.2) is 0 Å². The van der Waals surface area contributed by atoms with Crippen LogP contribution < -0.4 is 4.65 Å². The molecule has 0 aliphatic heterocycles. The second-order valence-corrected chi connectivity index (χ2v) is 5.74. The lowest BCUT2D eigenvalue weighted by atomic mass is 11.4. The quantitative estimate of drug-likeness (QED) is 0.438. The van der Waals surface area contributed by atoms with E-state index in [1.165, 1.54) is 0 Å². The maximum atomic E-state index is 5.16. The minimum absolute atomic E-state index is 0.760. The van der Waals surface area contributed by atoms with Crippen LogP contribution in [0.2, 0.25) is 13.1 Å². The Morgan fingerprint density at radius 1 is 1.11 bits per heavy atom. The lowest BCUT2D eigenvalue weighted by molar-refractivity contribution is 1.50. The molecule has 0 aliphatic carbocycles. The summed E-state index contributed by atoms with van der Waals surface area (Å²) in [5, 5.41) is 0. The fourth-order valence-electron chi connectivity index (χ4n) is 0.353. The van der Waals surface area contributed by atoms with E-state index < -0.39 is 17.9 Å². The number of hydrogen-bond donors (Lipinski definition) is 1. The Hall–Kier alpha value is -0.486. The molecule has 46 valence electrons. The highest BCUT2D eigenvalue weighted by Crippen LogP contribution is 1.74. The molecule has 0 heterocycles. The van der Waals surface area contributed by atoms with Gasteiger partial charge in [0.25, 0.3) is 0 Å². The van der Waals surface area contributed by atoms with Gasteiger partial charge in [-0.1, -0.05) is 0 Å². The standard InChI is InChI=1S/C6H9NSi2/c1-5-8(3)7-9(4)6-2/h1-2,7H,3-4H3. The van der Waals surface area contributed by atoms with Crippen molar-refractivity contribution in [3.63, 3.8) is 0 Å². The van der Waals surface area contributed by atoms with Gasteiger partial charge in [-0.15, -0.1) is 23.9 Å². The molecule has 0 aliphatic rings. The van der Waals surface area contributed by atoms with Gasteiger partial charge in [-0.3, -0.25) is 0 Å². The monoisotopic (exact) mass is 151 g/mol. The van der Waals surface area contributed by atoms with Gasteiger partial charge in [0.05, 0.1) is 0 Å². The van der Waals surface area contributed by atoms with Crippen LogP contribution in [0.4, 0.5) is 0 Å². The first-order valence-electron chi connectivity index (χ1n) is 2.58. The summed E-state index contributed by atoms with van der Waals surface area (Å²) in [6, 6.07) is 0. The van der Waals surface area contributed by atoms with Crippen molar-refractivity contribution in [2.24, 2.45) is 0 Å². The van der Waals surface area contributed by atoms with Crippen molar-refractivity contribution in [2.75, 3.05) is 0 Å². The number of terminal acetylenes is 2. The van der Waals surface area contributed by atoms with Gasteiger partial charge in [-0.2, -0.15) is 0 Å². The molecule has 0 rings (SSSR count). The van der Waals surface area contributed by atoms with Crippen LogP contribution in [0.25, 0.3) is 0 Å². The van der Waals surface area contributed by atoms with E-state index in [9.17, 15) is 0 Å². The highest BCUT2D eigenvalue weighted by molar-refractivity contribution is 6.79. The van der Waals surface area contributed by atoms with Crippen molar-refractivity contribution in [3.8, 4) is 23.9 Å². The normalized spacial score (nSPS) is 9.11. The van der Waals surface area contributed by atoms with E-state index in [4.69, 9.17) is 12.8 Å². The highest BCUT2D eigenvalue weighted by atomic mass is 28.3. The predicted octanol–water partition coefficient (Wildman–Crippen LogP) is 0.163. The molecule has 0 unspecified atom stereocenters. The van der Waals surface area contributed by atoms with Crippen molar-refractivity contribution in [1.29, 1.82) is 0 Å². The van der Waals surface area contributed by atoms with E-state index in [0.29, 0.717) is 0 Å². The van der Waals surface area contributed by atoms with Crippen LogP contribution in [0.15, 0.2) is 0 Å². The second kappa shape index (κ2) is 4.40. The summed E-state index contributed by atoms with van der Waals surface area (Å²) in [6.07, 6.45) is 10.3. The second-order valence-electron chi connectivity index (χ2n) is 1.66. The molecule has 0 amide bonds. The van der Waals surface area contributed by atoms with Crippen LogP contribution in [0.3, 0.4) is 0 Å². The fraction of sp³-hybridized carbons (Fsp3) is 0.333. The predicted molar refractivity (Wildman–Crippen MR) is 44.0 cm³/mol. The van der Waals surface area contributed by atoms with Gasteiger partial charge in [-0.25, -0.2) is 0 Å². The zero-order valence-electron chi connectivity index (χ0n) is 5.65. The summed E-state index contributed by atoms with van der Waals surface area (Å²) in [4.78, 5) is 0. The average molecular weight is 151 g/mol. The molecular weight excluding hydrogens is 142 g/mol. The van der Waals surface area contributed by atoms with Crippen molar-refractivity contribution in [3.05, 3.63) is 0 Å².